The van der Waals surface area contributed by atoms with Crippen LogP contribution in [-0.2, 0) is 5.41 Å². The smallest absolute Gasteiger partial charge is 0.0792 e. The summed E-state index contributed by atoms with van der Waals surface area (Å²) in [6.45, 7) is 3.29. The molecule has 0 radical (unpaired) electrons. The summed E-state index contributed by atoms with van der Waals surface area (Å²) in [5.74, 6) is 2.90. The highest BCUT2D eigenvalue weighted by Gasteiger charge is 2.61. The van der Waals surface area contributed by atoms with E-state index in [-0.39, 0.29) is 0 Å². The molecule has 0 aliphatic heterocycles. The fraction of sp³-hybridized carbons (Fsp3) is 0.731. The van der Waals surface area contributed by atoms with E-state index >= 15 is 0 Å². The molecule has 2 unspecified atom stereocenters. The molecule has 3 N–H and O–H groups in total. The van der Waals surface area contributed by atoms with Crippen molar-refractivity contribution in [2.75, 3.05) is 6.54 Å². The third-order valence-electron chi connectivity index (χ3n) is 9.39. The minimum Gasteiger partial charge on any atom is -0.377 e. The van der Waals surface area contributed by atoms with Gasteiger partial charge in [0.25, 0.3) is 0 Å². The molecular weight excluding hydrogens is 372 g/mol. The highest BCUT2D eigenvalue weighted by Crippen LogP contribution is 2.68. The van der Waals surface area contributed by atoms with Gasteiger partial charge in [0.1, 0.15) is 0 Å². The standard InChI is InChI=1S/C26H38N2S/c1-2-25-12-19-14-26(17-25,21-6-4-3-5-7-21)15-20(13-25)23(19)24(29)28-22-10-8-18(16-27)9-11-22/h3-7,18-20,22-23H,2,8-17,27H2,1H3,(H,28,29). The lowest BCUT2D eigenvalue weighted by Crippen LogP contribution is -2.60. The van der Waals surface area contributed by atoms with Crippen LogP contribution in [0, 0.1) is 29.1 Å². The van der Waals surface area contributed by atoms with Crippen LogP contribution in [0.25, 0.3) is 0 Å². The van der Waals surface area contributed by atoms with Crippen molar-refractivity contribution in [3.63, 3.8) is 0 Å². The zero-order valence-electron chi connectivity index (χ0n) is 18.0. The first-order valence-corrected chi connectivity index (χ1v) is 12.5. The van der Waals surface area contributed by atoms with Gasteiger partial charge in [-0.15, -0.1) is 0 Å². The van der Waals surface area contributed by atoms with Crippen LogP contribution < -0.4 is 11.1 Å². The highest BCUT2D eigenvalue weighted by molar-refractivity contribution is 7.80. The van der Waals surface area contributed by atoms with Crippen molar-refractivity contribution < 1.29 is 0 Å². The molecule has 29 heavy (non-hydrogen) atoms. The average molecular weight is 411 g/mol. The molecule has 0 saturated heterocycles. The summed E-state index contributed by atoms with van der Waals surface area (Å²) < 4.78 is 0. The normalized spacial score (nSPS) is 43.3. The Labute approximate surface area is 182 Å². The zero-order chi connectivity index (χ0) is 20.1. The van der Waals surface area contributed by atoms with Crippen molar-refractivity contribution in [2.24, 2.45) is 34.8 Å². The summed E-state index contributed by atoms with van der Waals surface area (Å²) in [5.41, 5.74) is 8.46. The third-order valence-corrected chi connectivity index (χ3v) is 9.78. The van der Waals surface area contributed by atoms with Crippen LogP contribution in [0.4, 0.5) is 0 Å². The monoisotopic (exact) mass is 410 g/mol. The number of benzene rings is 1. The van der Waals surface area contributed by atoms with E-state index in [1.807, 2.05) is 0 Å². The van der Waals surface area contributed by atoms with E-state index in [9.17, 15) is 0 Å². The lowest BCUT2D eigenvalue weighted by Gasteiger charge is -2.65. The Kier molecular flexibility index (Phi) is 5.27. The first-order chi connectivity index (χ1) is 14.1. The maximum absolute atomic E-state index is 6.11. The van der Waals surface area contributed by atoms with E-state index in [4.69, 9.17) is 18.0 Å². The molecule has 0 aromatic heterocycles. The summed E-state index contributed by atoms with van der Waals surface area (Å²) in [5, 5.41) is 3.86. The topological polar surface area (TPSA) is 38.0 Å². The van der Waals surface area contributed by atoms with E-state index in [0.717, 1.165) is 24.3 Å². The van der Waals surface area contributed by atoms with Gasteiger partial charge in [0.2, 0.25) is 0 Å². The third kappa shape index (κ3) is 3.47. The van der Waals surface area contributed by atoms with E-state index < -0.39 is 0 Å². The average Bonchev–Trinajstić information content (AvgIpc) is 2.74. The largest absolute Gasteiger partial charge is 0.377 e. The molecule has 0 spiro atoms. The molecule has 3 heteroatoms. The van der Waals surface area contributed by atoms with Gasteiger partial charge in [0.15, 0.2) is 0 Å². The van der Waals surface area contributed by atoms with Crippen LogP contribution in [0.3, 0.4) is 0 Å². The Morgan fingerprint density at radius 3 is 2.28 bits per heavy atom. The number of thiocarbonyl (C=S) groups is 1. The molecule has 158 valence electrons. The maximum atomic E-state index is 6.11. The second kappa shape index (κ2) is 7.64. The Balaban J connectivity index is 1.34. The Morgan fingerprint density at radius 1 is 1.03 bits per heavy atom. The van der Waals surface area contributed by atoms with Crippen LogP contribution in [0.5, 0.6) is 0 Å². The van der Waals surface area contributed by atoms with Crippen LogP contribution in [0.2, 0.25) is 0 Å². The zero-order valence-corrected chi connectivity index (χ0v) is 18.9. The van der Waals surface area contributed by atoms with Gasteiger partial charge >= 0.3 is 0 Å². The predicted molar refractivity (Wildman–Crippen MR) is 125 cm³/mol. The summed E-state index contributed by atoms with van der Waals surface area (Å²) >= 11 is 6.11. The second-order valence-corrected chi connectivity index (χ2v) is 11.4. The molecule has 5 fully saturated rings. The van der Waals surface area contributed by atoms with Crippen molar-refractivity contribution in [3.8, 4) is 0 Å². The maximum Gasteiger partial charge on any atom is 0.0792 e. The molecule has 0 amide bonds. The van der Waals surface area contributed by atoms with Gasteiger partial charge in [-0.3, -0.25) is 0 Å². The van der Waals surface area contributed by atoms with Crippen molar-refractivity contribution in [2.45, 2.75) is 82.6 Å². The summed E-state index contributed by atoms with van der Waals surface area (Å²) in [6.07, 6.45) is 13.3. The Hall–Kier alpha value is -0.930. The fourth-order valence-corrected chi connectivity index (χ4v) is 8.69. The van der Waals surface area contributed by atoms with Crippen molar-refractivity contribution in [1.29, 1.82) is 0 Å². The van der Waals surface area contributed by atoms with E-state index in [0.29, 0.717) is 22.8 Å². The van der Waals surface area contributed by atoms with Crippen molar-refractivity contribution in [3.05, 3.63) is 35.9 Å². The highest BCUT2D eigenvalue weighted by atomic mass is 32.1. The molecule has 5 saturated carbocycles. The minimum absolute atomic E-state index is 0.411. The molecule has 5 aliphatic carbocycles. The van der Waals surface area contributed by atoms with Crippen LogP contribution in [0.1, 0.15) is 76.7 Å². The van der Waals surface area contributed by atoms with Gasteiger partial charge in [-0.1, -0.05) is 55.9 Å². The molecule has 5 aliphatic rings. The molecular formula is C26H38N2S. The number of hydrogen-bond donors (Lipinski definition) is 2. The van der Waals surface area contributed by atoms with Gasteiger partial charge in [0.05, 0.1) is 4.99 Å². The molecule has 1 aromatic carbocycles. The van der Waals surface area contributed by atoms with Crippen molar-refractivity contribution in [1.82, 2.24) is 5.32 Å². The summed E-state index contributed by atoms with van der Waals surface area (Å²) in [6, 6.07) is 12.0. The van der Waals surface area contributed by atoms with Crippen LogP contribution in [-0.4, -0.2) is 17.6 Å². The van der Waals surface area contributed by atoms with Gasteiger partial charge < -0.3 is 11.1 Å². The Morgan fingerprint density at radius 2 is 1.69 bits per heavy atom. The Bertz CT molecular complexity index is 720. The molecule has 2 atom stereocenters. The fourth-order valence-electron chi connectivity index (χ4n) is 8.14. The molecule has 6 rings (SSSR count). The van der Waals surface area contributed by atoms with Gasteiger partial charge in [-0.2, -0.15) is 0 Å². The number of rotatable bonds is 5. The second-order valence-electron chi connectivity index (χ2n) is 11.0. The lowest BCUT2D eigenvalue weighted by atomic mass is 9.40. The van der Waals surface area contributed by atoms with Crippen LogP contribution >= 0.6 is 12.2 Å². The first-order valence-electron chi connectivity index (χ1n) is 12.1. The summed E-state index contributed by atoms with van der Waals surface area (Å²) in [4.78, 5) is 1.21. The van der Waals surface area contributed by atoms with Gasteiger partial charge in [-0.25, -0.2) is 0 Å². The molecule has 0 heterocycles. The number of hydrogen-bond acceptors (Lipinski definition) is 2. The number of nitrogens with one attached hydrogen (secondary N) is 1. The van der Waals surface area contributed by atoms with Crippen molar-refractivity contribution >= 4 is 17.2 Å². The molecule has 4 bridgehead atoms. The van der Waals surface area contributed by atoms with Gasteiger partial charge in [0, 0.05) is 12.0 Å². The van der Waals surface area contributed by atoms with E-state index in [1.165, 1.54) is 69.2 Å². The number of nitrogens with two attached hydrogens (primary N) is 1. The quantitative estimate of drug-likeness (QED) is 0.621. The van der Waals surface area contributed by atoms with Crippen LogP contribution in [0.15, 0.2) is 30.3 Å². The SMILES string of the molecule is CCC12CC3CC(c4ccccc4)(CC(C1)C3C(=S)NC1CCC(CN)CC1)C2. The lowest BCUT2D eigenvalue weighted by molar-refractivity contribution is -0.0939. The van der Waals surface area contributed by atoms with Gasteiger partial charge in [-0.05, 0) is 98.5 Å². The van der Waals surface area contributed by atoms with E-state index in [1.54, 1.807) is 5.56 Å². The molecule has 1 aromatic rings. The van der Waals surface area contributed by atoms with E-state index in [2.05, 4.69) is 42.6 Å². The molecule has 2 nitrogen and oxygen atoms in total. The first kappa shape index (κ1) is 20.0. The summed E-state index contributed by atoms with van der Waals surface area (Å²) in [7, 11) is 0. The predicted octanol–water partition coefficient (Wildman–Crippen LogP) is 5.60. The minimum atomic E-state index is 0.411.